The Balaban J connectivity index is 2.66. The van der Waals surface area contributed by atoms with Crippen LogP contribution in [0.1, 0.15) is 25.8 Å². The lowest BCUT2D eigenvalue weighted by Gasteiger charge is -2.21. The molecular weight excluding hydrogens is 228 g/mol. The Labute approximate surface area is 106 Å². The molecule has 0 saturated carbocycles. The van der Waals surface area contributed by atoms with Gasteiger partial charge in [0.2, 0.25) is 0 Å². The average Bonchev–Trinajstić information content (AvgIpc) is 2.39. The van der Waals surface area contributed by atoms with Gasteiger partial charge < -0.3 is 10.6 Å². The molecule has 2 amide bonds. The van der Waals surface area contributed by atoms with Crippen molar-refractivity contribution in [3.63, 3.8) is 0 Å². The van der Waals surface area contributed by atoms with Gasteiger partial charge in [0.1, 0.15) is 5.54 Å². The summed E-state index contributed by atoms with van der Waals surface area (Å²) in [7, 11) is 0. The summed E-state index contributed by atoms with van der Waals surface area (Å²) < 4.78 is 0. The van der Waals surface area contributed by atoms with Crippen molar-refractivity contribution in [1.29, 1.82) is 10.5 Å². The van der Waals surface area contributed by atoms with Crippen LogP contribution < -0.4 is 10.6 Å². The van der Waals surface area contributed by atoms with Gasteiger partial charge in [0.25, 0.3) is 0 Å². The zero-order valence-corrected chi connectivity index (χ0v) is 10.3. The molecule has 0 fully saturated rings. The third-order valence-electron chi connectivity index (χ3n) is 2.62. The van der Waals surface area contributed by atoms with E-state index < -0.39 is 11.6 Å². The van der Waals surface area contributed by atoms with E-state index in [-0.39, 0.29) is 0 Å². The van der Waals surface area contributed by atoms with Crippen LogP contribution >= 0.6 is 0 Å². The fourth-order valence-electron chi connectivity index (χ4n) is 1.24. The van der Waals surface area contributed by atoms with Crippen molar-refractivity contribution in [2.75, 3.05) is 5.32 Å². The molecule has 92 valence electrons. The van der Waals surface area contributed by atoms with Crippen molar-refractivity contribution in [3.05, 3.63) is 29.8 Å². The van der Waals surface area contributed by atoms with E-state index in [0.717, 1.165) is 0 Å². The number of anilines is 1. The van der Waals surface area contributed by atoms with Crippen LogP contribution in [0.5, 0.6) is 0 Å². The van der Waals surface area contributed by atoms with Gasteiger partial charge in [-0.05, 0) is 37.6 Å². The summed E-state index contributed by atoms with van der Waals surface area (Å²) in [5.74, 6) is 0. The second-order valence-corrected chi connectivity index (χ2v) is 4.07. The Morgan fingerprint density at radius 1 is 1.33 bits per heavy atom. The summed E-state index contributed by atoms with van der Waals surface area (Å²) in [6.07, 6.45) is 0.518. The van der Waals surface area contributed by atoms with E-state index in [1.807, 2.05) is 19.1 Å². The monoisotopic (exact) mass is 242 g/mol. The summed E-state index contributed by atoms with van der Waals surface area (Å²) in [4.78, 5) is 11.7. The summed E-state index contributed by atoms with van der Waals surface area (Å²) in [5.41, 5.74) is 0.218. The van der Waals surface area contributed by atoms with Gasteiger partial charge in [0.05, 0.1) is 17.7 Å². The first-order valence-electron chi connectivity index (χ1n) is 5.53. The molecule has 18 heavy (non-hydrogen) atoms. The molecule has 0 aliphatic heterocycles. The number of nitriles is 2. The second-order valence-electron chi connectivity index (χ2n) is 4.07. The van der Waals surface area contributed by atoms with Gasteiger partial charge in [-0.25, -0.2) is 4.79 Å². The molecule has 1 rings (SSSR count). The molecule has 2 N–H and O–H groups in total. The molecule has 0 aromatic heterocycles. The van der Waals surface area contributed by atoms with E-state index in [1.165, 1.54) is 0 Å². The topological polar surface area (TPSA) is 88.7 Å². The van der Waals surface area contributed by atoms with Crippen LogP contribution in [-0.2, 0) is 0 Å². The van der Waals surface area contributed by atoms with Gasteiger partial charge in [0, 0.05) is 5.69 Å². The standard InChI is InChI=1S/C13H14N4O/c1-3-13(2,9-15)17-12(18)16-11-6-4-10(8-14)5-7-11/h4-7H,3H2,1-2H3,(H2,16,17,18). The number of nitrogens with zero attached hydrogens (tertiary/aromatic N) is 2. The molecule has 0 aliphatic carbocycles. The maximum absolute atomic E-state index is 11.7. The number of carbonyl (C=O) groups is 1. The maximum atomic E-state index is 11.7. The Hall–Kier alpha value is -2.53. The van der Waals surface area contributed by atoms with Crippen molar-refractivity contribution in [3.8, 4) is 12.1 Å². The van der Waals surface area contributed by atoms with Crippen molar-refractivity contribution >= 4 is 11.7 Å². The molecule has 0 radical (unpaired) electrons. The first-order chi connectivity index (χ1) is 8.53. The molecule has 5 heteroatoms. The maximum Gasteiger partial charge on any atom is 0.320 e. The molecule has 5 nitrogen and oxygen atoms in total. The molecule has 1 unspecified atom stereocenters. The highest BCUT2D eigenvalue weighted by Gasteiger charge is 2.23. The number of nitrogens with one attached hydrogen (secondary N) is 2. The van der Waals surface area contributed by atoms with Crippen LogP contribution in [0.25, 0.3) is 0 Å². The number of benzene rings is 1. The number of hydrogen-bond acceptors (Lipinski definition) is 3. The molecule has 0 heterocycles. The summed E-state index contributed by atoms with van der Waals surface area (Å²) in [6.45, 7) is 3.48. The predicted molar refractivity (Wildman–Crippen MR) is 67.6 cm³/mol. The number of amides is 2. The minimum Gasteiger partial charge on any atom is -0.320 e. The fraction of sp³-hybridized carbons (Fsp3) is 0.308. The van der Waals surface area contributed by atoms with Crippen LogP contribution in [0.4, 0.5) is 10.5 Å². The SMILES string of the molecule is CCC(C)(C#N)NC(=O)Nc1ccc(C#N)cc1. The lowest BCUT2D eigenvalue weighted by molar-refractivity contribution is 0.244. The third kappa shape index (κ3) is 3.50. The van der Waals surface area contributed by atoms with E-state index >= 15 is 0 Å². The zero-order valence-electron chi connectivity index (χ0n) is 10.3. The second kappa shape index (κ2) is 5.70. The van der Waals surface area contributed by atoms with Crippen molar-refractivity contribution in [1.82, 2.24) is 5.32 Å². The Kier molecular flexibility index (Phi) is 4.28. The highest BCUT2D eigenvalue weighted by molar-refractivity contribution is 5.90. The summed E-state index contributed by atoms with van der Waals surface area (Å²) >= 11 is 0. The third-order valence-corrected chi connectivity index (χ3v) is 2.62. The smallest absolute Gasteiger partial charge is 0.320 e. The highest BCUT2D eigenvalue weighted by atomic mass is 16.2. The van der Waals surface area contributed by atoms with Crippen molar-refractivity contribution in [2.24, 2.45) is 0 Å². The van der Waals surface area contributed by atoms with Gasteiger partial charge in [0.15, 0.2) is 0 Å². The van der Waals surface area contributed by atoms with Crippen LogP contribution in [0, 0.1) is 22.7 Å². The Morgan fingerprint density at radius 3 is 2.39 bits per heavy atom. The molecule has 1 aromatic carbocycles. The van der Waals surface area contributed by atoms with E-state index in [1.54, 1.807) is 31.2 Å². The minimum absolute atomic E-state index is 0.439. The van der Waals surface area contributed by atoms with Gasteiger partial charge in [-0.1, -0.05) is 6.92 Å². The predicted octanol–water partition coefficient (Wildman–Crippen LogP) is 2.37. The zero-order chi connectivity index (χ0) is 13.6. The first-order valence-corrected chi connectivity index (χ1v) is 5.53. The van der Waals surface area contributed by atoms with Crippen LogP contribution in [0.2, 0.25) is 0 Å². The fourth-order valence-corrected chi connectivity index (χ4v) is 1.24. The molecular formula is C13H14N4O. The van der Waals surface area contributed by atoms with Crippen LogP contribution in [-0.4, -0.2) is 11.6 Å². The van der Waals surface area contributed by atoms with Gasteiger partial charge >= 0.3 is 6.03 Å². The Morgan fingerprint density at radius 2 is 1.94 bits per heavy atom. The van der Waals surface area contributed by atoms with Crippen LogP contribution in [0.15, 0.2) is 24.3 Å². The average molecular weight is 242 g/mol. The van der Waals surface area contributed by atoms with Gasteiger partial charge in [-0.3, -0.25) is 0 Å². The molecule has 0 bridgehead atoms. The van der Waals surface area contributed by atoms with Crippen LogP contribution in [0.3, 0.4) is 0 Å². The molecule has 1 aromatic rings. The van der Waals surface area contributed by atoms with E-state index in [2.05, 4.69) is 10.6 Å². The van der Waals surface area contributed by atoms with Gasteiger partial charge in [-0.2, -0.15) is 10.5 Å². The lowest BCUT2D eigenvalue weighted by Crippen LogP contribution is -2.46. The quantitative estimate of drug-likeness (QED) is 0.852. The Bertz CT molecular complexity index is 509. The van der Waals surface area contributed by atoms with E-state index in [4.69, 9.17) is 10.5 Å². The largest absolute Gasteiger partial charge is 0.320 e. The van der Waals surface area contributed by atoms with Crippen molar-refractivity contribution in [2.45, 2.75) is 25.8 Å². The highest BCUT2D eigenvalue weighted by Crippen LogP contribution is 2.10. The normalized spacial score (nSPS) is 12.7. The lowest BCUT2D eigenvalue weighted by atomic mass is 10.0. The number of rotatable bonds is 3. The van der Waals surface area contributed by atoms with Gasteiger partial charge in [-0.15, -0.1) is 0 Å². The summed E-state index contributed by atoms with van der Waals surface area (Å²) in [5, 5.41) is 22.8. The van der Waals surface area contributed by atoms with E-state index in [9.17, 15) is 4.79 Å². The van der Waals surface area contributed by atoms with Crippen molar-refractivity contribution < 1.29 is 4.79 Å². The number of carbonyl (C=O) groups excluding carboxylic acids is 1. The van der Waals surface area contributed by atoms with E-state index in [0.29, 0.717) is 17.7 Å². The molecule has 0 aliphatic rings. The molecule has 0 spiro atoms. The number of hydrogen-bond donors (Lipinski definition) is 2. The molecule has 0 saturated heterocycles. The molecule has 1 atom stereocenters. The summed E-state index contributed by atoms with van der Waals surface area (Å²) in [6, 6.07) is 10.1. The minimum atomic E-state index is -0.878. The first kappa shape index (κ1) is 13.5. The number of urea groups is 1.